The van der Waals surface area contributed by atoms with Crippen LogP contribution >= 0.6 is 0 Å². The molecule has 0 saturated carbocycles. The van der Waals surface area contributed by atoms with Crippen LogP contribution in [0.1, 0.15) is 21.8 Å². The molecule has 3 rings (SSSR count). The minimum absolute atomic E-state index is 0.258. The van der Waals surface area contributed by atoms with E-state index in [0.29, 0.717) is 5.69 Å². The fourth-order valence-corrected chi connectivity index (χ4v) is 2.09. The summed E-state index contributed by atoms with van der Waals surface area (Å²) < 4.78 is 5.06. The lowest BCUT2D eigenvalue weighted by atomic mass is 10.1. The Balaban J connectivity index is 1.81. The first-order chi connectivity index (χ1) is 8.74. The van der Waals surface area contributed by atoms with Crippen molar-refractivity contribution in [3.05, 3.63) is 41.6 Å². The Morgan fingerprint density at radius 1 is 1.50 bits per heavy atom. The second kappa shape index (κ2) is 4.18. The summed E-state index contributed by atoms with van der Waals surface area (Å²) in [5.74, 6) is -0.00969. The van der Waals surface area contributed by atoms with Crippen molar-refractivity contribution in [1.82, 2.24) is 4.98 Å². The van der Waals surface area contributed by atoms with E-state index in [1.807, 2.05) is 18.2 Å². The second-order valence-corrected chi connectivity index (χ2v) is 4.27. The van der Waals surface area contributed by atoms with Crippen molar-refractivity contribution < 1.29 is 9.21 Å². The molecular weight excluding hydrogens is 230 g/mol. The molecule has 2 N–H and O–H groups in total. The van der Waals surface area contributed by atoms with E-state index in [2.05, 4.69) is 15.6 Å². The largest absolute Gasteiger partial charge is 0.438 e. The SMILES string of the molecule is Cc1ncoc1C(=O)Nc1ccc2c(c1)CCN2. The van der Waals surface area contributed by atoms with Gasteiger partial charge in [0, 0.05) is 17.9 Å². The quantitative estimate of drug-likeness (QED) is 0.848. The summed E-state index contributed by atoms with van der Waals surface area (Å²) in [4.78, 5) is 15.8. The Kier molecular flexibility index (Phi) is 2.51. The fourth-order valence-electron chi connectivity index (χ4n) is 2.09. The minimum Gasteiger partial charge on any atom is -0.438 e. The Morgan fingerprint density at radius 3 is 3.17 bits per heavy atom. The van der Waals surface area contributed by atoms with Gasteiger partial charge in [0.25, 0.3) is 5.91 Å². The molecule has 5 nitrogen and oxygen atoms in total. The molecule has 92 valence electrons. The van der Waals surface area contributed by atoms with E-state index in [4.69, 9.17) is 4.42 Å². The molecule has 1 aliphatic rings. The van der Waals surface area contributed by atoms with Crippen molar-refractivity contribution in [3.63, 3.8) is 0 Å². The molecule has 0 spiro atoms. The summed E-state index contributed by atoms with van der Waals surface area (Å²) in [6.45, 7) is 2.69. The molecule has 0 bridgehead atoms. The van der Waals surface area contributed by atoms with E-state index in [-0.39, 0.29) is 11.7 Å². The van der Waals surface area contributed by atoms with Gasteiger partial charge in [0.05, 0.1) is 5.69 Å². The molecule has 0 fully saturated rings. The first-order valence-corrected chi connectivity index (χ1v) is 5.82. The van der Waals surface area contributed by atoms with Crippen molar-refractivity contribution in [2.75, 3.05) is 17.2 Å². The van der Waals surface area contributed by atoms with Crippen LogP contribution in [0.2, 0.25) is 0 Å². The Hall–Kier alpha value is -2.30. The first kappa shape index (κ1) is 10.8. The fraction of sp³-hybridized carbons (Fsp3) is 0.231. The molecular formula is C13H13N3O2. The lowest BCUT2D eigenvalue weighted by molar-refractivity contribution is 0.0996. The number of carbonyl (C=O) groups is 1. The molecule has 5 heteroatoms. The molecule has 0 unspecified atom stereocenters. The Bertz CT molecular complexity index is 604. The molecule has 1 aromatic carbocycles. The summed E-state index contributed by atoms with van der Waals surface area (Å²) in [6.07, 6.45) is 2.26. The highest BCUT2D eigenvalue weighted by Gasteiger charge is 2.15. The summed E-state index contributed by atoms with van der Waals surface area (Å²) in [7, 11) is 0. The van der Waals surface area contributed by atoms with Gasteiger partial charge in [0.1, 0.15) is 0 Å². The summed E-state index contributed by atoms with van der Waals surface area (Å²) in [5.41, 5.74) is 3.74. The van der Waals surface area contributed by atoms with E-state index in [1.165, 1.54) is 12.0 Å². The number of aromatic nitrogens is 1. The van der Waals surface area contributed by atoms with Gasteiger partial charge >= 0.3 is 0 Å². The van der Waals surface area contributed by atoms with Crippen LogP contribution in [0.3, 0.4) is 0 Å². The molecule has 0 radical (unpaired) electrons. The molecule has 1 aliphatic heterocycles. The number of hydrogen-bond acceptors (Lipinski definition) is 4. The number of anilines is 2. The summed E-state index contributed by atoms with van der Waals surface area (Å²) in [5, 5.41) is 6.09. The third-order valence-corrected chi connectivity index (χ3v) is 3.02. The zero-order chi connectivity index (χ0) is 12.5. The normalized spacial score (nSPS) is 12.9. The molecule has 1 aromatic heterocycles. The average Bonchev–Trinajstić information content (AvgIpc) is 2.96. The molecule has 18 heavy (non-hydrogen) atoms. The molecule has 0 atom stereocenters. The van der Waals surface area contributed by atoms with E-state index in [0.717, 1.165) is 24.3 Å². The maximum atomic E-state index is 11.9. The third kappa shape index (κ3) is 1.84. The number of benzene rings is 1. The van der Waals surface area contributed by atoms with Crippen molar-refractivity contribution in [2.45, 2.75) is 13.3 Å². The van der Waals surface area contributed by atoms with Crippen molar-refractivity contribution in [1.29, 1.82) is 0 Å². The highest BCUT2D eigenvalue weighted by Crippen LogP contribution is 2.25. The minimum atomic E-state index is -0.268. The number of carbonyl (C=O) groups excluding carboxylic acids is 1. The van der Waals surface area contributed by atoms with E-state index < -0.39 is 0 Å². The molecule has 0 saturated heterocycles. The molecule has 2 aromatic rings. The van der Waals surface area contributed by atoms with Gasteiger partial charge in [-0.1, -0.05) is 0 Å². The van der Waals surface area contributed by atoms with Crippen LogP contribution in [-0.4, -0.2) is 17.4 Å². The second-order valence-electron chi connectivity index (χ2n) is 4.27. The third-order valence-electron chi connectivity index (χ3n) is 3.02. The van der Waals surface area contributed by atoms with Gasteiger partial charge in [-0.3, -0.25) is 4.79 Å². The van der Waals surface area contributed by atoms with Gasteiger partial charge in [0.15, 0.2) is 6.39 Å². The van der Waals surface area contributed by atoms with Gasteiger partial charge in [-0.2, -0.15) is 0 Å². The highest BCUT2D eigenvalue weighted by atomic mass is 16.3. The topological polar surface area (TPSA) is 67.2 Å². The smallest absolute Gasteiger partial charge is 0.293 e. The maximum Gasteiger partial charge on any atom is 0.293 e. The monoisotopic (exact) mass is 243 g/mol. The standard InChI is InChI=1S/C13H13N3O2/c1-8-12(18-7-15-8)13(17)16-10-2-3-11-9(6-10)4-5-14-11/h2-3,6-7,14H,4-5H2,1H3,(H,16,17). The van der Waals surface area contributed by atoms with Gasteiger partial charge in [0.2, 0.25) is 5.76 Å². The summed E-state index contributed by atoms with van der Waals surface area (Å²) in [6, 6.07) is 5.84. The van der Waals surface area contributed by atoms with Gasteiger partial charge < -0.3 is 15.1 Å². The zero-order valence-corrected chi connectivity index (χ0v) is 9.99. The zero-order valence-electron chi connectivity index (χ0n) is 9.99. The number of fused-ring (bicyclic) bond motifs is 1. The van der Waals surface area contributed by atoms with Crippen LogP contribution in [0.25, 0.3) is 0 Å². The van der Waals surface area contributed by atoms with Crippen LogP contribution in [0.5, 0.6) is 0 Å². The van der Waals surface area contributed by atoms with Crippen LogP contribution in [0.15, 0.2) is 29.0 Å². The van der Waals surface area contributed by atoms with Crippen LogP contribution < -0.4 is 10.6 Å². The predicted octanol–water partition coefficient (Wildman–Crippen LogP) is 2.20. The van der Waals surface area contributed by atoms with Crippen molar-refractivity contribution in [2.24, 2.45) is 0 Å². The lowest BCUT2D eigenvalue weighted by Crippen LogP contribution is -2.12. The van der Waals surface area contributed by atoms with Crippen molar-refractivity contribution in [3.8, 4) is 0 Å². The average molecular weight is 243 g/mol. The lowest BCUT2D eigenvalue weighted by Gasteiger charge is -2.06. The van der Waals surface area contributed by atoms with E-state index in [9.17, 15) is 4.79 Å². The van der Waals surface area contributed by atoms with Gasteiger partial charge in [-0.15, -0.1) is 0 Å². The Labute approximate surface area is 104 Å². The van der Waals surface area contributed by atoms with Gasteiger partial charge in [-0.25, -0.2) is 4.98 Å². The van der Waals surface area contributed by atoms with Gasteiger partial charge in [-0.05, 0) is 37.1 Å². The predicted molar refractivity (Wildman–Crippen MR) is 67.8 cm³/mol. The van der Waals surface area contributed by atoms with E-state index in [1.54, 1.807) is 6.92 Å². The number of hydrogen-bond donors (Lipinski definition) is 2. The first-order valence-electron chi connectivity index (χ1n) is 5.82. The molecule has 1 amide bonds. The van der Waals surface area contributed by atoms with E-state index >= 15 is 0 Å². The number of oxazole rings is 1. The number of amides is 1. The summed E-state index contributed by atoms with van der Waals surface area (Å²) >= 11 is 0. The molecule has 2 heterocycles. The number of nitrogens with one attached hydrogen (secondary N) is 2. The number of rotatable bonds is 2. The van der Waals surface area contributed by atoms with Crippen molar-refractivity contribution >= 4 is 17.3 Å². The maximum absolute atomic E-state index is 11.9. The highest BCUT2D eigenvalue weighted by molar-refractivity contribution is 6.03. The molecule has 0 aliphatic carbocycles. The van der Waals surface area contributed by atoms with Crippen LogP contribution in [0, 0.1) is 6.92 Å². The van der Waals surface area contributed by atoms with Crippen LogP contribution in [-0.2, 0) is 6.42 Å². The Morgan fingerprint density at radius 2 is 2.39 bits per heavy atom. The number of nitrogens with zero attached hydrogens (tertiary/aromatic N) is 1. The van der Waals surface area contributed by atoms with Crippen LogP contribution in [0.4, 0.5) is 11.4 Å². The number of aryl methyl sites for hydroxylation is 1.